The van der Waals surface area contributed by atoms with Crippen LogP contribution >= 0.6 is 11.9 Å². The van der Waals surface area contributed by atoms with Crippen molar-refractivity contribution < 1.29 is 0 Å². The lowest BCUT2D eigenvalue weighted by molar-refractivity contribution is 0.544. The smallest absolute Gasteiger partial charge is 0.106 e. The van der Waals surface area contributed by atoms with Crippen molar-refractivity contribution in [2.24, 2.45) is 4.99 Å². The van der Waals surface area contributed by atoms with Crippen LogP contribution in [0.15, 0.2) is 4.99 Å². The van der Waals surface area contributed by atoms with Crippen molar-refractivity contribution in [3.05, 3.63) is 0 Å². The van der Waals surface area contributed by atoms with Crippen LogP contribution in [0.5, 0.6) is 0 Å². The fourth-order valence-corrected chi connectivity index (χ4v) is 5.39. The van der Waals surface area contributed by atoms with Crippen LogP contribution in [-0.4, -0.2) is 29.0 Å². The zero-order valence-corrected chi connectivity index (χ0v) is 24.3. The van der Waals surface area contributed by atoms with Crippen molar-refractivity contribution in [2.45, 2.75) is 169 Å². The summed E-state index contributed by atoms with van der Waals surface area (Å²) in [6.07, 6.45) is 30.5. The lowest BCUT2D eigenvalue weighted by Crippen LogP contribution is -2.24. The second kappa shape index (κ2) is 28.1. The molecule has 0 amide bonds. The SMILES string of the molecule is CCCCCCCCCCSN(CCCCCCCCC)/C(C)=N/CCCCCCCCC. The van der Waals surface area contributed by atoms with E-state index in [4.69, 9.17) is 4.99 Å². The van der Waals surface area contributed by atoms with E-state index in [9.17, 15) is 0 Å². The third kappa shape index (κ3) is 24.7. The number of amidine groups is 1. The van der Waals surface area contributed by atoms with Crippen LogP contribution in [0.2, 0.25) is 0 Å². The van der Waals surface area contributed by atoms with E-state index >= 15 is 0 Å². The van der Waals surface area contributed by atoms with Gasteiger partial charge < -0.3 is 4.31 Å². The molecule has 0 spiro atoms. The van der Waals surface area contributed by atoms with Gasteiger partial charge >= 0.3 is 0 Å². The zero-order valence-electron chi connectivity index (χ0n) is 23.5. The number of hydrogen-bond acceptors (Lipinski definition) is 2. The normalized spacial score (nSPS) is 11.9. The van der Waals surface area contributed by atoms with Gasteiger partial charge in [-0.15, -0.1) is 0 Å². The minimum absolute atomic E-state index is 1.02. The highest BCUT2D eigenvalue weighted by Crippen LogP contribution is 2.18. The van der Waals surface area contributed by atoms with Crippen LogP contribution in [0.1, 0.15) is 169 Å². The van der Waals surface area contributed by atoms with Gasteiger partial charge in [-0.05, 0) is 38.1 Å². The van der Waals surface area contributed by atoms with E-state index in [1.165, 1.54) is 159 Å². The van der Waals surface area contributed by atoms with Crippen molar-refractivity contribution >= 4 is 17.8 Å². The van der Waals surface area contributed by atoms with Gasteiger partial charge in [0.15, 0.2) is 0 Å². The standard InChI is InChI=1S/C30H62N2S/c1-5-8-11-14-17-20-23-26-29-33-32(28-25-22-19-16-13-10-7-3)30(4)31-27-24-21-18-15-12-9-6-2/h5-29H2,1-4H3/b31-30+. The second-order valence-corrected chi connectivity index (χ2v) is 11.2. The molecule has 198 valence electrons. The summed E-state index contributed by atoms with van der Waals surface area (Å²) in [6, 6.07) is 0. The lowest BCUT2D eigenvalue weighted by atomic mass is 10.1. The molecule has 0 aromatic rings. The Hall–Kier alpha value is -0.180. The fourth-order valence-electron chi connectivity index (χ4n) is 4.33. The summed E-state index contributed by atoms with van der Waals surface area (Å²) in [6.45, 7) is 11.4. The van der Waals surface area contributed by atoms with Crippen molar-refractivity contribution in [3.63, 3.8) is 0 Å². The van der Waals surface area contributed by atoms with Gasteiger partial charge in [0, 0.05) is 18.8 Å². The van der Waals surface area contributed by atoms with E-state index in [0.29, 0.717) is 0 Å². The van der Waals surface area contributed by atoms with Crippen molar-refractivity contribution in [2.75, 3.05) is 18.8 Å². The molecule has 0 aromatic carbocycles. The van der Waals surface area contributed by atoms with E-state index in [-0.39, 0.29) is 0 Å². The summed E-state index contributed by atoms with van der Waals surface area (Å²) in [5, 5.41) is 0. The Morgan fingerprint density at radius 1 is 0.515 bits per heavy atom. The summed E-state index contributed by atoms with van der Waals surface area (Å²) in [7, 11) is 0. The van der Waals surface area contributed by atoms with Gasteiger partial charge in [0.25, 0.3) is 0 Å². The quantitative estimate of drug-likeness (QED) is 0.0527. The first-order chi connectivity index (χ1) is 16.3. The predicted octanol–water partition coefficient (Wildman–Crippen LogP) is 11.0. The molecule has 0 radical (unpaired) electrons. The maximum absolute atomic E-state index is 4.98. The van der Waals surface area contributed by atoms with E-state index in [2.05, 4.69) is 43.9 Å². The van der Waals surface area contributed by atoms with E-state index in [1.54, 1.807) is 0 Å². The number of unbranched alkanes of at least 4 members (excludes halogenated alkanes) is 19. The van der Waals surface area contributed by atoms with Gasteiger partial charge in [0.2, 0.25) is 0 Å². The third-order valence-corrected chi connectivity index (χ3v) is 7.90. The first-order valence-corrected chi connectivity index (χ1v) is 16.1. The monoisotopic (exact) mass is 482 g/mol. The average molecular weight is 483 g/mol. The average Bonchev–Trinajstić information content (AvgIpc) is 2.82. The first kappa shape index (κ1) is 32.8. The maximum Gasteiger partial charge on any atom is 0.106 e. The molecule has 0 fully saturated rings. The molecular weight excluding hydrogens is 420 g/mol. The van der Waals surface area contributed by atoms with Gasteiger partial charge in [-0.2, -0.15) is 0 Å². The van der Waals surface area contributed by atoms with Crippen molar-refractivity contribution in [3.8, 4) is 0 Å². The Morgan fingerprint density at radius 3 is 1.39 bits per heavy atom. The molecule has 3 heteroatoms. The Bertz CT molecular complexity index is 397. The molecule has 0 aliphatic rings. The Kier molecular flexibility index (Phi) is 27.9. The summed E-state index contributed by atoms with van der Waals surface area (Å²) >= 11 is 2.05. The predicted molar refractivity (Wildman–Crippen MR) is 156 cm³/mol. The molecule has 0 atom stereocenters. The van der Waals surface area contributed by atoms with Gasteiger partial charge in [-0.3, -0.25) is 4.99 Å². The third-order valence-electron chi connectivity index (χ3n) is 6.67. The molecule has 0 aliphatic carbocycles. The Balaban J connectivity index is 4.13. The van der Waals surface area contributed by atoms with Gasteiger partial charge in [0.05, 0.1) is 0 Å². The molecule has 0 aromatic heterocycles. The fraction of sp³-hybridized carbons (Fsp3) is 0.967. The molecule has 0 heterocycles. The molecule has 33 heavy (non-hydrogen) atoms. The Labute approximate surface area is 214 Å². The minimum atomic E-state index is 1.02. The highest BCUT2D eigenvalue weighted by molar-refractivity contribution is 7.97. The first-order valence-electron chi connectivity index (χ1n) is 15.2. The largest absolute Gasteiger partial charge is 0.305 e. The highest BCUT2D eigenvalue weighted by atomic mass is 32.2. The van der Waals surface area contributed by atoms with Crippen LogP contribution in [0, 0.1) is 0 Å². The molecule has 0 saturated heterocycles. The Morgan fingerprint density at radius 2 is 0.909 bits per heavy atom. The summed E-state index contributed by atoms with van der Waals surface area (Å²) in [5.41, 5.74) is 0. The van der Waals surface area contributed by atoms with Gasteiger partial charge in [0.1, 0.15) is 5.84 Å². The summed E-state index contributed by atoms with van der Waals surface area (Å²) < 4.78 is 2.54. The molecule has 0 rings (SSSR count). The van der Waals surface area contributed by atoms with E-state index in [1.807, 2.05) is 0 Å². The molecule has 0 aliphatic heterocycles. The zero-order chi connectivity index (χ0) is 24.2. The number of rotatable bonds is 26. The lowest BCUT2D eigenvalue weighted by Gasteiger charge is -2.23. The van der Waals surface area contributed by atoms with E-state index < -0.39 is 0 Å². The number of aliphatic imine (C=N–C) groups is 1. The van der Waals surface area contributed by atoms with Crippen LogP contribution < -0.4 is 0 Å². The van der Waals surface area contributed by atoms with Gasteiger partial charge in [-0.25, -0.2) is 0 Å². The molecule has 0 N–H and O–H groups in total. The highest BCUT2D eigenvalue weighted by Gasteiger charge is 2.08. The van der Waals surface area contributed by atoms with Crippen LogP contribution in [-0.2, 0) is 0 Å². The molecular formula is C30H62N2S. The maximum atomic E-state index is 4.98. The van der Waals surface area contributed by atoms with E-state index in [0.717, 1.165) is 6.54 Å². The van der Waals surface area contributed by atoms with Crippen LogP contribution in [0.4, 0.5) is 0 Å². The van der Waals surface area contributed by atoms with Gasteiger partial charge in [-0.1, -0.05) is 143 Å². The summed E-state index contributed by atoms with van der Waals surface area (Å²) in [5.74, 6) is 2.53. The second-order valence-electron chi connectivity index (χ2n) is 10.1. The molecule has 2 nitrogen and oxygen atoms in total. The molecule has 0 bridgehead atoms. The minimum Gasteiger partial charge on any atom is -0.305 e. The van der Waals surface area contributed by atoms with Crippen molar-refractivity contribution in [1.82, 2.24) is 4.31 Å². The molecule has 0 unspecified atom stereocenters. The number of nitrogens with zero attached hydrogens (tertiary/aromatic N) is 2. The molecule has 0 saturated carbocycles. The van der Waals surface area contributed by atoms with Crippen LogP contribution in [0.25, 0.3) is 0 Å². The topological polar surface area (TPSA) is 15.6 Å². The van der Waals surface area contributed by atoms with Crippen molar-refractivity contribution in [1.29, 1.82) is 0 Å². The number of hydrogen-bond donors (Lipinski definition) is 0. The summed E-state index contributed by atoms with van der Waals surface area (Å²) in [4.78, 5) is 4.98. The van der Waals surface area contributed by atoms with Crippen LogP contribution in [0.3, 0.4) is 0 Å².